The SMILES string of the molecule is O=C(O)c1coc(Cc2cc(-c3cnn(C4CCCCO4)c3)no2)n1. The van der Waals surface area contributed by atoms with Crippen molar-refractivity contribution in [3.63, 3.8) is 0 Å². The summed E-state index contributed by atoms with van der Waals surface area (Å²) in [6.45, 7) is 0.752. The van der Waals surface area contributed by atoms with Gasteiger partial charge >= 0.3 is 5.97 Å². The second kappa shape index (κ2) is 6.52. The Morgan fingerprint density at radius 3 is 3.08 bits per heavy atom. The van der Waals surface area contributed by atoms with Crippen LogP contribution in [0.1, 0.15) is 47.6 Å². The molecule has 1 aliphatic rings. The predicted octanol–water partition coefficient (Wildman–Crippen LogP) is 2.51. The maximum atomic E-state index is 10.8. The van der Waals surface area contributed by atoms with Gasteiger partial charge in [-0.2, -0.15) is 5.10 Å². The fourth-order valence-electron chi connectivity index (χ4n) is 2.73. The molecule has 1 saturated heterocycles. The average molecular weight is 344 g/mol. The van der Waals surface area contributed by atoms with E-state index in [4.69, 9.17) is 18.8 Å². The number of aromatic carboxylic acids is 1. The van der Waals surface area contributed by atoms with Gasteiger partial charge < -0.3 is 18.8 Å². The van der Waals surface area contributed by atoms with Crippen molar-refractivity contribution in [1.29, 1.82) is 0 Å². The van der Waals surface area contributed by atoms with Crippen LogP contribution in [0.3, 0.4) is 0 Å². The van der Waals surface area contributed by atoms with E-state index in [0.717, 1.165) is 37.7 Å². The summed E-state index contributed by atoms with van der Waals surface area (Å²) in [4.78, 5) is 14.7. The molecule has 130 valence electrons. The Bertz CT molecular complexity index is 875. The largest absolute Gasteiger partial charge is 0.476 e. The van der Waals surface area contributed by atoms with Crippen LogP contribution < -0.4 is 0 Å². The highest BCUT2D eigenvalue weighted by Crippen LogP contribution is 2.25. The first-order chi connectivity index (χ1) is 12.2. The van der Waals surface area contributed by atoms with Gasteiger partial charge in [-0.15, -0.1) is 0 Å². The summed E-state index contributed by atoms with van der Waals surface area (Å²) in [5.41, 5.74) is 1.33. The topological polar surface area (TPSA) is 116 Å². The highest BCUT2D eigenvalue weighted by atomic mass is 16.5. The minimum Gasteiger partial charge on any atom is -0.476 e. The zero-order valence-corrected chi connectivity index (χ0v) is 13.3. The molecule has 25 heavy (non-hydrogen) atoms. The molecule has 3 aromatic heterocycles. The van der Waals surface area contributed by atoms with Crippen LogP contribution >= 0.6 is 0 Å². The van der Waals surface area contributed by atoms with Crippen molar-refractivity contribution in [1.82, 2.24) is 19.9 Å². The van der Waals surface area contributed by atoms with E-state index in [1.165, 1.54) is 0 Å². The Morgan fingerprint density at radius 1 is 1.40 bits per heavy atom. The number of carboxylic acid groups (broad SMARTS) is 1. The van der Waals surface area contributed by atoms with Gasteiger partial charge in [0.25, 0.3) is 0 Å². The first kappa shape index (κ1) is 15.6. The standard InChI is InChI=1S/C16H16N4O5/c21-16(22)13-9-24-14(18-13)6-11-5-12(19-25-11)10-7-17-20(8-10)15-3-1-2-4-23-15/h5,7-9,15H,1-4,6H2,(H,21,22). The zero-order chi connectivity index (χ0) is 17.2. The quantitative estimate of drug-likeness (QED) is 0.750. The summed E-state index contributed by atoms with van der Waals surface area (Å²) in [7, 11) is 0. The molecule has 3 aromatic rings. The molecular weight excluding hydrogens is 328 g/mol. The minimum atomic E-state index is -1.13. The van der Waals surface area contributed by atoms with Crippen LogP contribution in [-0.4, -0.2) is 37.6 Å². The molecule has 4 heterocycles. The summed E-state index contributed by atoms with van der Waals surface area (Å²) in [5.74, 6) is -0.354. The van der Waals surface area contributed by atoms with Gasteiger partial charge in [0.1, 0.15) is 23.9 Å². The molecule has 9 nitrogen and oxygen atoms in total. The average Bonchev–Trinajstić information content (AvgIpc) is 3.36. The van der Waals surface area contributed by atoms with Gasteiger partial charge in [0.05, 0.1) is 12.6 Å². The number of rotatable bonds is 5. The normalized spacial score (nSPS) is 17.7. The van der Waals surface area contributed by atoms with Gasteiger partial charge in [0, 0.05) is 24.4 Å². The lowest BCUT2D eigenvalue weighted by Gasteiger charge is -2.22. The van der Waals surface area contributed by atoms with E-state index in [1.807, 2.05) is 6.20 Å². The van der Waals surface area contributed by atoms with E-state index in [1.54, 1.807) is 16.9 Å². The number of carbonyl (C=O) groups is 1. The Kier molecular flexibility index (Phi) is 4.06. The van der Waals surface area contributed by atoms with E-state index in [0.29, 0.717) is 11.5 Å². The molecular formula is C16H16N4O5. The summed E-state index contributed by atoms with van der Waals surface area (Å²) in [5, 5.41) is 17.2. The highest BCUT2D eigenvalue weighted by Gasteiger charge is 2.18. The number of aromatic nitrogens is 4. The van der Waals surface area contributed by atoms with Crippen molar-refractivity contribution in [2.24, 2.45) is 0 Å². The van der Waals surface area contributed by atoms with Gasteiger partial charge in [-0.3, -0.25) is 0 Å². The summed E-state index contributed by atoms with van der Waals surface area (Å²) >= 11 is 0. The molecule has 0 bridgehead atoms. The van der Waals surface area contributed by atoms with Crippen LogP contribution in [-0.2, 0) is 11.2 Å². The monoisotopic (exact) mass is 344 g/mol. The molecule has 1 aliphatic heterocycles. The molecule has 1 atom stereocenters. The Labute approximate surface area is 142 Å². The maximum absolute atomic E-state index is 10.8. The number of oxazole rings is 1. The smallest absolute Gasteiger partial charge is 0.357 e. The van der Waals surface area contributed by atoms with Gasteiger partial charge in [-0.1, -0.05) is 5.16 Å². The van der Waals surface area contributed by atoms with Crippen molar-refractivity contribution >= 4 is 5.97 Å². The van der Waals surface area contributed by atoms with Crippen LogP contribution in [0.15, 0.2) is 33.7 Å². The third-order valence-electron chi connectivity index (χ3n) is 4.00. The van der Waals surface area contributed by atoms with Crippen LogP contribution in [0.2, 0.25) is 0 Å². The zero-order valence-electron chi connectivity index (χ0n) is 13.3. The number of carboxylic acids is 1. The summed E-state index contributed by atoms with van der Waals surface area (Å²) in [6, 6.07) is 1.76. The minimum absolute atomic E-state index is 0.0318. The molecule has 0 radical (unpaired) electrons. The van der Waals surface area contributed by atoms with Gasteiger partial charge in [0.15, 0.2) is 5.69 Å². The Balaban J connectivity index is 1.47. The van der Waals surface area contributed by atoms with E-state index < -0.39 is 5.97 Å². The fraction of sp³-hybridized carbons (Fsp3) is 0.375. The molecule has 1 unspecified atom stereocenters. The molecule has 0 aliphatic carbocycles. The lowest BCUT2D eigenvalue weighted by molar-refractivity contribution is -0.0394. The van der Waals surface area contributed by atoms with Crippen LogP contribution in [0.4, 0.5) is 0 Å². The van der Waals surface area contributed by atoms with Crippen molar-refractivity contribution in [2.75, 3.05) is 6.61 Å². The van der Waals surface area contributed by atoms with Gasteiger partial charge in [0.2, 0.25) is 5.89 Å². The fourth-order valence-corrected chi connectivity index (χ4v) is 2.73. The number of ether oxygens (including phenoxy) is 1. The van der Waals surface area contributed by atoms with Gasteiger partial charge in [-0.25, -0.2) is 14.5 Å². The molecule has 0 aromatic carbocycles. The van der Waals surface area contributed by atoms with E-state index >= 15 is 0 Å². The van der Waals surface area contributed by atoms with E-state index in [9.17, 15) is 4.79 Å². The number of nitrogens with zero attached hydrogens (tertiary/aromatic N) is 4. The van der Waals surface area contributed by atoms with Crippen molar-refractivity contribution in [3.05, 3.63) is 42.1 Å². The third kappa shape index (κ3) is 3.31. The summed E-state index contributed by atoms with van der Waals surface area (Å²) < 4.78 is 17.9. The molecule has 1 fully saturated rings. The molecule has 1 N–H and O–H groups in total. The predicted molar refractivity (Wildman–Crippen MR) is 82.8 cm³/mol. The second-order valence-corrected chi connectivity index (χ2v) is 5.82. The van der Waals surface area contributed by atoms with Crippen molar-refractivity contribution in [2.45, 2.75) is 31.9 Å². The number of hydrogen-bond donors (Lipinski definition) is 1. The Morgan fingerprint density at radius 2 is 2.32 bits per heavy atom. The molecule has 4 rings (SSSR count). The first-order valence-electron chi connectivity index (χ1n) is 7.98. The lowest BCUT2D eigenvalue weighted by Crippen LogP contribution is -2.18. The molecule has 0 spiro atoms. The molecule has 0 amide bonds. The Hall–Kier alpha value is -2.94. The van der Waals surface area contributed by atoms with E-state index in [2.05, 4.69) is 15.2 Å². The number of hydrogen-bond acceptors (Lipinski definition) is 7. The highest BCUT2D eigenvalue weighted by molar-refractivity contribution is 5.84. The molecule has 0 saturated carbocycles. The third-order valence-corrected chi connectivity index (χ3v) is 4.00. The van der Waals surface area contributed by atoms with Crippen LogP contribution in [0.5, 0.6) is 0 Å². The lowest BCUT2D eigenvalue weighted by atomic mass is 10.2. The van der Waals surface area contributed by atoms with Crippen LogP contribution in [0.25, 0.3) is 11.3 Å². The van der Waals surface area contributed by atoms with Crippen molar-refractivity contribution < 1.29 is 23.6 Å². The first-order valence-corrected chi connectivity index (χ1v) is 7.98. The van der Waals surface area contributed by atoms with E-state index in [-0.39, 0.29) is 24.2 Å². The van der Waals surface area contributed by atoms with Crippen LogP contribution in [0, 0.1) is 0 Å². The van der Waals surface area contributed by atoms with Gasteiger partial charge in [-0.05, 0) is 19.3 Å². The van der Waals surface area contributed by atoms with Crippen molar-refractivity contribution in [3.8, 4) is 11.3 Å². The second-order valence-electron chi connectivity index (χ2n) is 5.82. The summed E-state index contributed by atoms with van der Waals surface area (Å²) in [6.07, 6.45) is 8.04. The maximum Gasteiger partial charge on any atom is 0.357 e. The molecule has 9 heteroatoms.